The van der Waals surface area contributed by atoms with Gasteiger partial charge in [-0.25, -0.2) is 0 Å². The highest BCUT2D eigenvalue weighted by molar-refractivity contribution is 5.37. The number of benzene rings is 2. The third-order valence-corrected chi connectivity index (χ3v) is 4.10. The van der Waals surface area contributed by atoms with Crippen molar-refractivity contribution in [3.05, 3.63) is 65.7 Å². The van der Waals surface area contributed by atoms with E-state index >= 15 is 0 Å². The molecule has 0 saturated carbocycles. The topological polar surface area (TPSA) is 12.5 Å². The van der Waals surface area contributed by atoms with Gasteiger partial charge < -0.3 is 4.74 Å². The lowest BCUT2D eigenvalue weighted by Crippen LogP contribution is -2.19. The van der Waals surface area contributed by atoms with Crippen LogP contribution in [-0.2, 0) is 6.54 Å². The van der Waals surface area contributed by atoms with Crippen molar-refractivity contribution in [3.63, 3.8) is 0 Å². The van der Waals surface area contributed by atoms with Crippen LogP contribution >= 0.6 is 0 Å². The van der Waals surface area contributed by atoms with Crippen LogP contribution in [-0.4, -0.2) is 25.1 Å². The van der Waals surface area contributed by atoms with Crippen molar-refractivity contribution < 1.29 is 4.74 Å². The fraction of sp³-hybridized carbons (Fsp3) is 0.333. The molecule has 20 heavy (non-hydrogen) atoms. The van der Waals surface area contributed by atoms with Crippen LogP contribution in [0.4, 0.5) is 0 Å². The van der Waals surface area contributed by atoms with Crippen LogP contribution in [0.5, 0.6) is 5.75 Å². The number of nitrogens with zero attached hydrogens (tertiary/aromatic N) is 1. The van der Waals surface area contributed by atoms with Gasteiger partial charge in [0.15, 0.2) is 0 Å². The monoisotopic (exact) mass is 267 g/mol. The Balaban J connectivity index is 1.67. The molecule has 2 heteroatoms. The summed E-state index contributed by atoms with van der Waals surface area (Å²) in [5.41, 5.74) is 2.75. The normalized spacial score (nSPS) is 19.1. The van der Waals surface area contributed by atoms with Crippen LogP contribution in [0.3, 0.4) is 0 Å². The maximum Gasteiger partial charge on any atom is 0.122 e. The van der Waals surface area contributed by atoms with Crippen molar-refractivity contribution in [2.24, 2.45) is 0 Å². The molecule has 1 saturated heterocycles. The van der Waals surface area contributed by atoms with Crippen molar-refractivity contribution in [2.45, 2.75) is 18.9 Å². The maximum absolute atomic E-state index is 5.49. The Morgan fingerprint density at radius 2 is 1.80 bits per heavy atom. The fourth-order valence-corrected chi connectivity index (χ4v) is 3.08. The Kier molecular flexibility index (Phi) is 4.03. The van der Waals surface area contributed by atoms with Crippen molar-refractivity contribution in [2.75, 3.05) is 20.2 Å². The van der Waals surface area contributed by atoms with Crippen LogP contribution < -0.4 is 4.74 Å². The van der Waals surface area contributed by atoms with Gasteiger partial charge in [0.1, 0.15) is 5.75 Å². The van der Waals surface area contributed by atoms with Crippen molar-refractivity contribution in [1.29, 1.82) is 0 Å². The molecule has 1 fully saturated rings. The minimum atomic E-state index is 0.592. The molecule has 0 radical (unpaired) electrons. The van der Waals surface area contributed by atoms with E-state index < -0.39 is 0 Å². The van der Waals surface area contributed by atoms with Gasteiger partial charge in [-0.15, -0.1) is 0 Å². The molecule has 1 heterocycles. The average Bonchev–Trinajstić information content (AvgIpc) is 2.96. The second kappa shape index (κ2) is 6.10. The minimum absolute atomic E-state index is 0.592. The van der Waals surface area contributed by atoms with Crippen LogP contribution in [0, 0.1) is 0 Å². The first kappa shape index (κ1) is 13.2. The van der Waals surface area contributed by atoms with E-state index in [9.17, 15) is 0 Å². The zero-order valence-electron chi connectivity index (χ0n) is 12.0. The van der Waals surface area contributed by atoms with Gasteiger partial charge in [-0.3, -0.25) is 4.90 Å². The highest BCUT2D eigenvalue weighted by Crippen LogP contribution is 2.33. The Morgan fingerprint density at radius 1 is 1.05 bits per heavy atom. The largest absolute Gasteiger partial charge is 0.496 e. The van der Waals surface area contributed by atoms with E-state index in [0.717, 1.165) is 25.4 Å². The summed E-state index contributed by atoms with van der Waals surface area (Å²) in [7, 11) is 1.76. The summed E-state index contributed by atoms with van der Waals surface area (Å²) in [6, 6.07) is 19.1. The van der Waals surface area contributed by atoms with E-state index in [4.69, 9.17) is 4.74 Å². The molecule has 2 nitrogen and oxygen atoms in total. The van der Waals surface area contributed by atoms with E-state index in [1.807, 2.05) is 6.07 Å². The number of likely N-dealkylation sites (tertiary alicyclic amines) is 1. The predicted molar refractivity (Wildman–Crippen MR) is 82.1 cm³/mol. The summed E-state index contributed by atoms with van der Waals surface area (Å²) >= 11 is 0. The van der Waals surface area contributed by atoms with Crippen molar-refractivity contribution in [3.8, 4) is 5.75 Å². The summed E-state index contributed by atoms with van der Waals surface area (Å²) in [5, 5.41) is 0. The molecule has 2 aromatic rings. The molecule has 1 atom stereocenters. The molecule has 0 N–H and O–H groups in total. The van der Waals surface area contributed by atoms with Crippen molar-refractivity contribution >= 4 is 0 Å². The molecular formula is C18H21NO. The van der Waals surface area contributed by atoms with Gasteiger partial charge in [-0.1, -0.05) is 48.5 Å². The first-order chi connectivity index (χ1) is 9.86. The summed E-state index contributed by atoms with van der Waals surface area (Å²) in [4.78, 5) is 2.53. The fourth-order valence-electron chi connectivity index (χ4n) is 3.08. The van der Waals surface area contributed by atoms with Crippen molar-refractivity contribution in [1.82, 2.24) is 4.90 Å². The number of para-hydroxylation sites is 1. The Labute approximate surface area is 121 Å². The lowest BCUT2D eigenvalue weighted by atomic mass is 9.97. The molecule has 0 aliphatic carbocycles. The van der Waals surface area contributed by atoms with Crippen LogP contribution in [0.2, 0.25) is 0 Å². The van der Waals surface area contributed by atoms with E-state index in [-0.39, 0.29) is 0 Å². The molecule has 0 amide bonds. The highest BCUT2D eigenvalue weighted by atomic mass is 16.5. The van der Waals surface area contributed by atoms with E-state index in [1.165, 1.54) is 17.5 Å². The molecule has 0 unspecified atom stereocenters. The van der Waals surface area contributed by atoms with Gasteiger partial charge in [0.25, 0.3) is 0 Å². The van der Waals surface area contributed by atoms with Crippen LogP contribution in [0.1, 0.15) is 23.5 Å². The molecule has 3 rings (SSSR count). The molecule has 0 bridgehead atoms. The number of methoxy groups -OCH3 is 1. The maximum atomic E-state index is 5.49. The lowest BCUT2D eigenvalue weighted by molar-refractivity contribution is 0.325. The number of ether oxygens (including phenoxy) is 1. The Hall–Kier alpha value is -1.80. The van der Waals surface area contributed by atoms with Crippen LogP contribution in [0.15, 0.2) is 54.6 Å². The molecular weight excluding hydrogens is 246 g/mol. The van der Waals surface area contributed by atoms with Gasteiger partial charge in [0.2, 0.25) is 0 Å². The van der Waals surface area contributed by atoms with E-state index in [2.05, 4.69) is 53.4 Å². The number of hydrogen-bond donors (Lipinski definition) is 0. The molecule has 1 aliphatic heterocycles. The first-order valence-corrected chi connectivity index (χ1v) is 7.26. The van der Waals surface area contributed by atoms with E-state index in [0.29, 0.717) is 5.92 Å². The summed E-state index contributed by atoms with van der Waals surface area (Å²) in [6.45, 7) is 3.33. The highest BCUT2D eigenvalue weighted by Gasteiger charge is 2.25. The van der Waals surface area contributed by atoms with Gasteiger partial charge in [-0.2, -0.15) is 0 Å². The minimum Gasteiger partial charge on any atom is -0.496 e. The van der Waals surface area contributed by atoms with Gasteiger partial charge in [0, 0.05) is 19.0 Å². The zero-order chi connectivity index (χ0) is 13.8. The summed E-state index contributed by atoms with van der Waals surface area (Å²) < 4.78 is 5.49. The molecule has 0 aromatic heterocycles. The Bertz CT molecular complexity index is 552. The summed E-state index contributed by atoms with van der Waals surface area (Å²) in [6.07, 6.45) is 1.22. The lowest BCUT2D eigenvalue weighted by Gasteiger charge is -2.17. The van der Waals surface area contributed by atoms with Gasteiger partial charge in [-0.05, 0) is 30.2 Å². The standard InChI is InChI=1S/C18H21NO/c1-20-18-10-6-5-9-17(18)16-11-12-19(14-16)13-15-7-3-2-4-8-15/h2-10,16H,11-14H2,1H3/t16-/m1/s1. The quantitative estimate of drug-likeness (QED) is 0.837. The third kappa shape index (κ3) is 2.86. The summed E-state index contributed by atoms with van der Waals surface area (Å²) in [5.74, 6) is 1.62. The third-order valence-electron chi connectivity index (χ3n) is 4.10. The molecule has 104 valence electrons. The molecule has 0 spiro atoms. The van der Waals surface area contributed by atoms with E-state index in [1.54, 1.807) is 7.11 Å². The number of hydrogen-bond acceptors (Lipinski definition) is 2. The number of rotatable bonds is 4. The van der Waals surface area contributed by atoms with Gasteiger partial charge in [0.05, 0.1) is 7.11 Å². The van der Waals surface area contributed by atoms with Gasteiger partial charge >= 0.3 is 0 Å². The first-order valence-electron chi connectivity index (χ1n) is 7.26. The predicted octanol–water partition coefficient (Wildman–Crippen LogP) is 3.68. The SMILES string of the molecule is COc1ccccc1[C@@H]1CCN(Cc2ccccc2)C1. The second-order valence-corrected chi connectivity index (χ2v) is 5.45. The second-order valence-electron chi connectivity index (χ2n) is 5.45. The zero-order valence-corrected chi connectivity index (χ0v) is 12.0. The smallest absolute Gasteiger partial charge is 0.122 e. The van der Waals surface area contributed by atoms with Crippen LogP contribution in [0.25, 0.3) is 0 Å². The molecule has 2 aromatic carbocycles. The molecule has 1 aliphatic rings. The Morgan fingerprint density at radius 3 is 2.60 bits per heavy atom. The average molecular weight is 267 g/mol.